The lowest BCUT2D eigenvalue weighted by atomic mass is 10.4. The molecule has 0 aliphatic heterocycles. The molecule has 0 saturated heterocycles. The average molecular weight is 170 g/mol. The molecule has 0 radical (unpaired) electrons. The lowest BCUT2D eigenvalue weighted by Gasteiger charge is -2.04. The minimum absolute atomic E-state index is 0.108. The van der Waals surface area contributed by atoms with Gasteiger partial charge >= 0.3 is 0 Å². The summed E-state index contributed by atoms with van der Waals surface area (Å²) in [4.78, 5) is 6.04. The van der Waals surface area contributed by atoms with Gasteiger partial charge in [0.25, 0.3) is 0 Å². The van der Waals surface area contributed by atoms with Crippen molar-refractivity contribution >= 4 is 0 Å². The molecular weight excluding hydrogens is 156 g/mol. The molecule has 0 aliphatic carbocycles. The zero-order valence-corrected chi connectivity index (χ0v) is 7.45. The molecule has 4 nitrogen and oxygen atoms in total. The van der Waals surface area contributed by atoms with Crippen LogP contribution in [0, 0.1) is 0 Å². The SMILES string of the molecule is CN(C)Cc1ncc(CCO)o1. The summed E-state index contributed by atoms with van der Waals surface area (Å²) in [7, 11) is 3.91. The van der Waals surface area contributed by atoms with Gasteiger partial charge in [0.15, 0.2) is 0 Å². The fraction of sp³-hybridized carbons (Fsp3) is 0.625. The molecule has 1 aromatic heterocycles. The third kappa shape index (κ3) is 2.64. The normalized spacial score (nSPS) is 11.0. The second kappa shape index (κ2) is 4.23. The summed E-state index contributed by atoms with van der Waals surface area (Å²) >= 11 is 0. The lowest BCUT2D eigenvalue weighted by molar-refractivity contribution is 0.280. The Bertz CT molecular complexity index is 233. The number of oxazole rings is 1. The van der Waals surface area contributed by atoms with Crippen LogP contribution in [0.15, 0.2) is 10.6 Å². The predicted molar refractivity (Wildman–Crippen MR) is 44.7 cm³/mol. The maximum Gasteiger partial charge on any atom is 0.208 e. The summed E-state index contributed by atoms with van der Waals surface area (Å²) in [5.41, 5.74) is 0. The highest BCUT2D eigenvalue weighted by Gasteiger charge is 2.03. The van der Waals surface area contributed by atoms with E-state index in [1.807, 2.05) is 19.0 Å². The number of rotatable bonds is 4. The fourth-order valence-corrected chi connectivity index (χ4v) is 0.917. The molecule has 0 amide bonds. The van der Waals surface area contributed by atoms with E-state index in [0.717, 1.165) is 5.76 Å². The van der Waals surface area contributed by atoms with Crippen LogP contribution in [0.2, 0.25) is 0 Å². The quantitative estimate of drug-likeness (QED) is 0.704. The number of aromatic nitrogens is 1. The van der Waals surface area contributed by atoms with E-state index in [1.165, 1.54) is 0 Å². The largest absolute Gasteiger partial charge is 0.444 e. The molecule has 12 heavy (non-hydrogen) atoms. The van der Waals surface area contributed by atoms with Gasteiger partial charge in [-0.2, -0.15) is 0 Å². The van der Waals surface area contributed by atoms with E-state index in [0.29, 0.717) is 18.9 Å². The van der Waals surface area contributed by atoms with Gasteiger partial charge in [-0.05, 0) is 14.1 Å². The van der Waals surface area contributed by atoms with Crippen molar-refractivity contribution in [1.29, 1.82) is 0 Å². The third-order valence-corrected chi connectivity index (χ3v) is 1.41. The van der Waals surface area contributed by atoms with E-state index in [2.05, 4.69) is 4.98 Å². The molecule has 0 unspecified atom stereocenters. The summed E-state index contributed by atoms with van der Waals surface area (Å²) in [5.74, 6) is 1.44. The Morgan fingerprint density at radius 3 is 2.92 bits per heavy atom. The van der Waals surface area contributed by atoms with Crippen molar-refractivity contribution in [3.63, 3.8) is 0 Å². The van der Waals surface area contributed by atoms with Crippen molar-refractivity contribution in [2.45, 2.75) is 13.0 Å². The van der Waals surface area contributed by atoms with Crippen LogP contribution in [0.5, 0.6) is 0 Å². The topological polar surface area (TPSA) is 49.5 Å². The molecule has 0 spiro atoms. The van der Waals surface area contributed by atoms with E-state index in [1.54, 1.807) is 6.20 Å². The van der Waals surface area contributed by atoms with Crippen molar-refractivity contribution in [2.75, 3.05) is 20.7 Å². The first-order valence-corrected chi connectivity index (χ1v) is 3.91. The van der Waals surface area contributed by atoms with Crippen molar-refractivity contribution in [3.8, 4) is 0 Å². The van der Waals surface area contributed by atoms with Gasteiger partial charge < -0.3 is 14.4 Å². The highest BCUT2D eigenvalue weighted by atomic mass is 16.4. The highest BCUT2D eigenvalue weighted by molar-refractivity contribution is 4.93. The number of aliphatic hydroxyl groups excluding tert-OH is 1. The van der Waals surface area contributed by atoms with Crippen LogP contribution in [0.25, 0.3) is 0 Å². The van der Waals surface area contributed by atoms with Crippen LogP contribution >= 0.6 is 0 Å². The summed E-state index contributed by atoms with van der Waals surface area (Å²) in [5, 5.41) is 8.61. The van der Waals surface area contributed by atoms with E-state index < -0.39 is 0 Å². The lowest BCUT2D eigenvalue weighted by Crippen LogP contribution is -2.10. The van der Waals surface area contributed by atoms with E-state index in [-0.39, 0.29) is 6.61 Å². The van der Waals surface area contributed by atoms with Gasteiger partial charge in [-0.15, -0.1) is 0 Å². The van der Waals surface area contributed by atoms with Gasteiger partial charge in [-0.1, -0.05) is 0 Å². The van der Waals surface area contributed by atoms with Crippen molar-refractivity contribution in [3.05, 3.63) is 17.8 Å². The molecule has 0 aromatic carbocycles. The monoisotopic (exact) mass is 170 g/mol. The van der Waals surface area contributed by atoms with Crippen molar-refractivity contribution in [1.82, 2.24) is 9.88 Å². The molecule has 0 bridgehead atoms. The number of hydrogen-bond donors (Lipinski definition) is 1. The molecule has 1 rings (SSSR count). The molecule has 0 aliphatic rings. The number of nitrogens with zero attached hydrogens (tertiary/aromatic N) is 2. The molecule has 68 valence electrons. The maximum atomic E-state index is 8.61. The molecule has 0 saturated carbocycles. The van der Waals surface area contributed by atoms with Crippen LogP contribution in [0.4, 0.5) is 0 Å². The Morgan fingerprint density at radius 2 is 2.33 bits per heavy atom. The van der Waals surface area contributed by atoms with Gasteiger partial charge in [0.2, 0.25) is 5.89 Å². The van der Waals surface area contributed by atoms with Gasteiger partial charge in [-0.3, -0.25) is 0 Å². The number of aliphatic hydroxyl groups is 1. The summed E-state index contributed by atoms with van der Waals surface area (Å²) in [6.07, 6.45) is 2.20. The molecule has 0 atom stereocenters. The fourth-order valence-electron chi connectivity index (χ4n) is 0.917. The highest BCUT2D eigenvalue weighted by Crippen LogP contribution is 2.05. The van der Waals surface area contributed by atoms with E-state index >= 15 is 0 Å². The Kier molecular flexibility index (Phi) is 3.25. The first-order chi connectivity index (χ1) is 5.72. The number of hydrogen-bond acceptors (Lipinski definition) is 4. The first kappa shape index (κ1) is 9.22. The second-order valence-electron chi connectivity index (χ2n) is 2.93. The molecule has 1 N–H and O–H groups in total. The van der Waals surface area contributed by atoms with Gasteiger partial charge in [0.05, 0.1) is 19.3 Å². The first-order valence-electron chi connectivity index (χ1n) is 3.91. The van der Waals surface area contributed by atoms with Gasteiger partial charge in [-0.25, -0.2) is 4.98 Å². The van der Waals surface area contributed by atoms with E-state index in [9.17, 15) is 0 Å². The van der Waals surface area contributed by atoms with Crippen LogP contribution in [-0.4, -0.2) is 35.7 Å². The Labute approximate surface area is 71.8 Å². The van der Waals surface area contributed by atoms with Crippen LogP contribution in [-0.2, 0) is 13.0 Å². The molecule has 1 heterocycles. The molecule has 0 fully saturated rings. The minimum Gasteiger partial charge on any atom is -0.444 e. The van der Waals surface area contributed by atoms with Gasteiger partial charge in [0, 0.05) is 6.42 Å². The van der Waals surface area contributed by atoms with E-state index in [4.69, 9.17) is 9.52 Å². The summed E-state index contributed by atoms with van der Waals surface area (Å²) < 4.78 is 5.32. The zero-order chi connectivity index (χ0) is 8.97. The Morgan fingerprint density at radius 1 is 1.58 bits per heavy atom. The zero-order valence-electron chi connectivity index (χ0n) is 7.45. The van der Waals surface area contributed by atoms with Crippen LogP contribution in [0.1, 0.15) is 11.7 Å². The summed E-state index contributed by atoms with van der Waals surface area (Å²) in [6, 6.07) is 0. The Balaban J connectivity index is 2.52. The molecular formula is C8H14N2O2. The minimum atomic E-state index is 0.108. The van der Waals surface area contributed by atoms with Gasteiger partial charge in [0.1, 0.15) is 5.76 Å². The Hall–Kier alpha value is -0.870. The predicted octanol–water partition coefficient (Wildman–Crippen LogP) is 0.271. The van der Waals surface area contributed by atoms with Crippen LogP contribution in [0.3, 0.4) is 0 Å². The average Bonchev–Trinajstić information content (AvgIpc) is 2.36. The standard InChI is InChI=1S/C8H14N2O2/c1-10(2)6-8-9-5-7(12-8)3-4-11/h5,11H,3-4,6H2,1-2H3. The third-order valence-electron chi connectivity index (χ3n) is 1.41. The second-order valence-corrected chi connectivity index (χ2v) is 2.93. The van der Waals surface area contributed by atoms with Crippen molar-refractivity contribution < 1.29 is 9.52 Å². The molecule has 1 aromatic rings. The molecule has 4 heteroatoms. The maximum absolute atomic E-state index is 8.61. The van der Waals surface area contributed by atoms with Crippen molar-refractivity contribution in [2.24, 2.45) is 0 Å². The smallest absolute Gasteiger partial charge is 0.208 e. The summed E-state index contributed by atoms with van der Waals surface area (Å²) in [6.45, 7) is 0.808. The van der Waals surface area contributed by atoms with Crippen LogP contribution < -0.4 is 0 Å².